The number of para-hydroxylation sites is 1. The van der Waals surface area contributed by atoms with E-state index in [2.05, 4.69) is 10.2 Å². The topological polar surface area (TPSA) is 46.3 Å². The Morgan fingerprint density at radius 3 is 2.40 bits per heavy atom. The van der Waals surface area contributed by atoms with Crippen LogP contribution in [-0.4, -0.2) is 26.6 Å². The van der Waals surface area contributed by atoms with Crippen LogP contribution in [-0.2, 0) is 0 Å². The van der Waals surface area contributed by atoms with Crippen molar-refractivity contribution in [1.82, 2.24) is 19.6 Å². The molecule has 5 rings (SSSR count). The molecule has 0 N–H and O–H groups in total. The number of nitrogens with zero attached hydrogens (tertiary/aromatic N) is 5. The molecule has 0 bridgehead atoms. The molecular formula is C24H22FN5. The molecule has 6 heteroatoms. The van der Waals surface area contributed by atoms with E-state index in [-0.39, 0.29) is 5.82 Å². The zero-order valence-electron chi connectivity index (χ0n) is 17.1. The maximum absolute atomic E-state index is 13.6. The predicted octanol–water partition coefficient (Wildman–Crippen LogP) is 5.88. The normalized spacial score (nSPS) is 10.7. The number of hydrogen-bond donors (Lipinski definition) is 0. The van der Waals surface area contributed by atoms with E-state index in [9.17, 15) is 4.39 Å². The minimum absolute atomic E-state index is 0.249. The van der Waals surface area contributed by atoms with Gasteiger partial charge in [0, 0.05) is 18.1 Å². The smallest absolute Gasteiger partial charge is 0.257 e. The average Bonchev–Trinajstić information content (AvgIpc) is 3.28. The molecule has 0 fully saturated rings. The second kappa shape index (κ2) is 8.29. The van der Waals surface area contributed by atoms with Gasteiger partial charge in [0.1, 0.15) is 18.0 Å². The van der Waals surface area contributed by atoms with Crippen molar-refractivity contribution in [2.24, 2.45) is 0 Å². The minimum Gasteiger partial charge on any atom is -0.329 e. The maximum Gasteiger partial charge on any atom is 0.257 e. The first-order chi connectivity index (χ1) is 14.7. The largest absolute Gasteiger partial charge is 0.329 e. The summed E-state index contributed by atoms with van der Waals surface area (Å²) in [6, 6.07) is 22.6. The Kier molecular flexibility index (Phi) is 5.39. The van der Waals surface area contributed by atoms with Crippen LogP contribution in [0.25, 0.3) is 27.8 Å². The summed E-state index contributed by atoms with van der Waals surface area (Å²) in [6.07, 6.45) is 1.67. The molecule has 0 aliphatic heterocycles. The van der Waals surface area contributed by atoms with Crippen LogP contribution in [0.5, 0.6) is 0 Å². The fourth-order valence-corrected chi connectivity index (χ4v) is 3.44. The van der Waals surface area contributed by atoms with Crippen molar-refractivity contribution in [2.75, 3.05) is 11.9 Å². The summed E-state index contributed by atoms with van der Waals surface area (Å²) < 4.78 is 15.5. The van der Waals surface area contributed by atoms with E-state index in [4.69, 9.17) is 4.98 Å². The van der Waals surface area contributed by atoms with Gasteiger partial charge in [-0.1, -0.05) is 50.2 Å². The predicted molar refractivity (Wildman–Crippen MR) is 120 cm³/mol. The summed E-state index contributed by atoms with van der Waals surface area (Å²) in [6.45, 7) is 4.00. The lowest BCUT2D eigenvalue weighted by molar-refractivity contribution is 0.628. The van der Waals surface area contributed by atoms with Crippen LogP contribution in [0.1, 0.15) is 13.8 Å². The Hall–Kier alpha value is -3.80. The van der Waals surface area contributed by atoms with Crippen LogP contribution < -0.4 is 4.90 Å². The highest BCUT2D eigenvalue weighted by Gasteiger charge is 2.14. The summed E-state index contributed by atoms with van der Waals surface area (Å²) in [5.41, 5.74) is 3.71. The number of anilines is 2. The first-order valence-corrected chi connectivity index (χ1v) is 9.89. The number of rotatable bonds is 3. The van der Waals surface area contributed by atoms with Crippen molar-refractivity contribution in [3.8, 4) is 11.1 Å². The van der Waals surface area contributed by atoms with Crippen LogP contribution in [0.4, 0.5) is 15.9 Å². The van der Waals surface area contributed by atoms with Crippen molar-refractivity contribution in [1.29, 1.82) is 0 Å². The standard InChI is InChI=1S/C22H16FN5.C2H6/c1-27(18-9-5-7-16(13-18)15-6-4-8-17(23)12-15)21-19-10-2-3-11-20(19)28-14-24-26-22(28)25-21;1-2/h2-14H,1H3;1-2H3. The molecule has 0 aliphatic rings. The van der Waals surface area contributed by atoms with Gasteiger partial charge in [0.05, 0.1) is 5.52 Å². The van der Waals surface area contributed by atoms with Gasteiger partial charge in [-0.25, -0.2) is 4.39 Å². The number of hydrogen-bond acceptors (Lipinski definition) is 4. The summed E-state index contributed by atoms with van der Waals surface area (Å²) in [5, 5.41) is 9.09. The van der Waals surface area contributed by atoms with E-state index in [1.807, 2.05) is 84.8 Å². The van der Waals surface area contributed by atoms with Gasteiger partial charge in [0.2, 0.25) is 0 Å². The molecule has 5 nitrogen and oxygen atoms in total. The zero-order chi connectivity index (χ0) is 21.1. The Balaban J connectivity index is 0.00000106. The van der Waals surface area contributed by atoms with Gasteiger partial charge in [0.25, 0.3) is 5.78 Å². The molecule has 0 saturated heterocycles. The Morgan fingerprint density at radius 1 is 0.867 bits per heavy atom. The Morgan fingerprint density at radius 2 is 1.60 bits per heavy atom. The average molecular weight is 399 g/mol. The molecular weight excluding hydrogens is 377 g/mol. The lowest BCUT2D eigenvalue weighted by atomic mass is 10.0. The molecule has 2 aromatic heterocycles. The molecule has 0 saturated carbocycles. The molecule has 30 heavy (non-hydrogen) atoms. The third-order valence-electron chi connectivity index (χ3n) is 4.85. The zero-order valence-corrected chi connectivity index (χ0v) is 17.1. The molecule has 2 heterocycles. The van der Waals surface area contributed by atoms with Gasteiger partial charge >= 0.3 is 0 Å². The van der Waals surface area contributed by atoms with Gasteiger partial charge in [-0.3, -0.25) is 4.40 Å². The maximum atomic E-state index is 13.6. The molecule has 5 aromatic rings. The van der Waals surface area contributed by atoms with Crippen molar-refractivity contribution in [3.05, 3.63) is 84.9 Å². The highest BCUT2D eigenvalue weighted by Crippen LogP contribution is 2.32. The molecule has 0 radical (unpaired) electrons. The third kappa shape index (κ3) is 3.48. The van der Waals surface area contributed by atoms with E-state index in [1.165, 1.54) is 12.1 Å². The van der Waals surface area contributed by atoms with Crippen LogP contribution in [0.15, 0.2) is 79.1 Å². The fourth-order valence-electron chi connectivity index (χ4n) is 3.44. The lowest BCUT2D eigenvalue weighted by Gasteiger charge is -2.21. The molecule has 0 aliphatic carbocycles. The number of aromatic nitrogens is 4. The number of benzene rings is 3. The van der Waals surface area contributed by atoms with E-state index in [0.717, 1.165) is 33.5 Å². The molecule has 0 amide bonds. The van der Waals surface area contributed by atoms with Gasteiger partial charge in [-0.2, -0.15) is 4.98 Å². The molecule has 0 atom stereocenters. The third-order valence-corrected chi connectivity index (χ3v) is 4.85. The van der Waals surface area contributed by atoms with Crippen LogP contribution in [0.3, 0.4) is 0 Å². The Bertz CT molecular complexity index is 1310. The number of fused-ring (bicyclic) bond motifs is 3. The summed E-state index contributed by atoms with van der Waals surface area (Å²) in [7, 11) is 1.96. The van der Waals surface area contributed by atoms with Crippen molar-refractivity contribution >= 4 is 28.2 Å². The van der Waals surface area contributed by atoms with E-state index in [0.29, 0.717) is 5.78 Å². The monoisotopic (exact) mass is 399 g/mol. The van der Waals surface area contributed by atoms with Gasteiger partial charge in [-0.15, -0.1) is 10.2 Å². The van der Waals surface area contributed by atoms with Crippen molar-refractivity contribution in [3.63, 3.8) is 0 Å². The summed E-state index contributed by atoms with van der Waals surface area (Å²) >= 11 is 0. The van der Waals surface area contributed by atoms with Gasteiger partial charge in [0.15, 0.2) is 0 Å². The Labute approximate surface area is 174 Å². The molecule has 0 unspecified atom stereocenters. The van der Waals surface area contributed by atoms with Gasteiger partial charge in [-0.05, 0) is 47.5 Å². The van der Waals surface area contributed by atoms with E-state index >= 15 is 0 Å². The number of halogens is 1. The fraction of sp³-hybridized carbons (Fsp3) is 0.125. The molecule has 3 aromatic carbocycles. The van der Waals surface area contributed by atoms with Crippen LogP contribution >= 0.6 is 0 Å². The van der Waals surface area contributed by atoms with Crippen molar-refractivity contribution in [2.45, 2.75) is 13.8 Å². The highest BCUT2D eigenvalue weighted by atomic mass is 19.1. The van der Waals surface area contributed by atoms with E-state index in [1.54, 1.807) is 12.4 Å². The summed E-state index contributed by atoms with van der Waals surface area (Å²) in [5.74, 6) is 1.08. The van der Waals surface area contributed by atoms with Gasteiger partial charge < -0.3 is 4.90 Å². The van der Waals surface area contributed by atoms with E-state index < -0.39 is 0 Å². The second-order valence-electron chi connectivity index (χ2n) is 6.57. The first-order valence-electron chi connectivity index (χ1n) is 9.89. The van der Waals surface area contributed by atoms with Crippen LogP contribution in [0.2, 0.25) is 0 Å². The van der Waals surface area contributed by atoms with Crippen molar-refractivity contribution < 1.29 is 4.39 Å². The lowest BCUT2D eigenvalue weighted by Crippen LogP contribution is -2.13. The molecule has 150 valence electrons. The summed E-state index contributed by atoms with van der Waals surface area (Å²) in [4.78, 5) is 6.73. The SMILES string of the molecule is CC.CN(c1cccc(-c2cccc(F)c2)c1)c1nc2nncn2c2ccccc12. The first kappa shape index (κ1) is 19.5. The van der Waals surface area contributed by atoms with Crippen LogP contribution in [0, 0.1) is 5.82 Å². The minimum atomic E-state index is -0.249. The highest BCUT2D eigenvalue weighted by molar-refractivity contribution is 5.93. The quantitative estimate of drug-likeness (QED) is 0.380. The second-order valence-corrected chi connectivity index (χ2v) is 6.57. The molecule has 0 spiro atoms.